The van der Waals surface area contributed by atoms with Crippen LogP contribution in [-0.4, -0.2) is 13.0 Å². The Hall–Kier alpha value is -2.43. The molecule has 0 spiro atoms. The van der Waals surface area contributed by atoms with Crippen LogP contribution in [0.3, 0.4) is 0 Å². The van der Waals surface area contributed by atoms with E-state index in [1.54, 1.807) is 6.07 Å². The lowest BCUT2D eigenvalue weighted by Gasteiger charge is -2.19. The van der Waals surface area contributed by atoms with Crippen LogP contribution in [0.25, 0.3) is 22.3 Å². The van der Waals surface area contributed by atoms with Crippen LogP contribution in [0.4, 0.5) is 0 Å². The summed E-state index contributed by atoms with van der Waals surface area (Å²) >= 11 is 0. The topological polar surface area (TPSA) is 54.4 Å². The van der Waals surface area contributed by atoms with Crippen molar-refractivity contribution < 1.29 is 13.0 Å². The predicted molar refractivity (Wildman–Crippen MR) is 143 cm³/mol. The maximum absolute atomic E-state index is 12.3. The van der Waals surface area contributed by atoms with Gasteiger partial charge in [0, 0.05) is 0 Å². The van der Waals surface area contributed by atoms with E-state index in [1.165, 1.54) is 44.9 Å². The average Bonchev–Trinajstić information content (AvgIpc) is 2.85. The maximum Gasteiger partial charge on any atom is 0.294 e. The largest absolute Gasteiger partial charge is 0.294 e. The third kappa shape index (κ3) is 7.54. The molecule has 3 nitrogen and oxygen atoms in total. The summed E-state index contributed by atoms with van der Waals surface area (Å²) in [6, 6.07) is 23.3. The molecule has 182 valence electrons. The van der Waals surface area contributed by atoms with Crippen LogP contribution < -0.4 is 0 Å². The van der Waals surface area contributed by atoms with Gasteiger partial charge in [-0.15, -0.1) is 0 Å². The predicted octanol–water partition coefficient (Wildman–Crippen LogP) is 8.73. The van der Waals surface area contributed by atoms with Crippen molar-refractivity contribution in [3.63, 3.8) is 0 Å². The van der Waals surface area contributed by atoms with E-state index < -0.39 is 10.1 Å². The van der Waals surface area contributed by atoms with Gasteiger partial charge in [-0.3, -0.25) is 4.55 Å². The molecule has 0 aliphatic rings. The minimum atomic E-state index is -4.33. The van der Waals surface area contributed by atoms with Gasteiger partial charge >= 0.3 is 0 Å². The molecular weight excluding hydrogens is 440 g/mol. The van der Waals surface area contributed by atoms with E-state index in [0.29, 0.717) is 6.42 Å². The first-order chi connectivity index (χ1) is 16.5. The molecule has 0 radical (unpaired) electrons. The summed E-state index contributed by atoms with van der Waals surface area (Å²) in [4.78, 5) is 0.0296. The van der Waals surface area contributed by atoms with Crippen molar-refractivity contribution >= 4 is 10.1 Å². The first-order valence-electron chi connectivity index (χ1n) is 12.8. The quantitative estimate of drug-likeness (QED) is 0.186. The Labute approximate surface area is 206 Å². The summed E-state index contributed by atoms with van der Waals surface area (Å²) in [6.45, 7) is 2.24. The molecule has 1 N–H and O–H groups in total. The first-order valence-corrected chi connectivity index (χ1v) is 14.2. The summed E-state index contributed by atoms with van der Waals surface area (Å²) in [5.74, 6) is 0. The zero-order valence-corrected chi connectivity index (χ0v) is 21.2. The van der Waals surface area contributed by atoms with Gasteiger partial charge in [-0.25, -0.2) is 0 Å². The molecule has 0 aromatic heterocycles. The summed E-state index contributed by atoms with van der Waals surface area (Å²) in [5, 5.41) is 0. The van der Waals surface area contributed by atoms with E-state index in [0.717, 1.165) is 47.1 Å². The van der Waals surface area contributed by atoms with Gasteiger partial charge in [0.2, 0.25) is 0 Å². The van der Waals surface area contributed by atoms with Gasteiger partial charge in [-0.1, -0.05) is 131 Å². The van der Waals surface area contributed by atoms with Crippen molar-refractivity contribution in [1.29, 1.82) is 0 Å². The summed E-state index contributed by atoms with van der Waals surface area (Å²) in [6.07, 6.45) is 12.8. The minimum absolute atomic E-state index is 0.0296. The Morgan fingerprint density at radius 2 is 1.12 bits per heavy atom. The Kier molecular flexibility index (Phi) is 10.4. The van der Waals surface area contributed by atoms with E-state index >= 15 is 0 Å². The smallest absolute Gasteiger partial charge is 0.282 e. The molecule has 0 saturated carbocycles. The standard InChI is InChI=1S/C30H38O3S/c1-2-3-4-5-6-7-8-9-10-17-22-28-29(34(31,32)33)24-23-27(25-18-13-11-14-19-25)30(28)26-20-15-12-16-21-26/h11-16,18-21,23-24H,2-10,17,22H2,1H3,(H,31,32,33). The third-order valence-corrected chi connectivity index (χ3v) is 7.41. The van der Waals surface area contributed by atoms with E-state index in [2.05, 4.69) is 6.92 Å². The highest BCUT2D eigenvalue weighted by Crippen LogP contribution is 2.39. The Morgan fingerprint density at radius 1 is 0.618 bits per heavy atom. The van der Waals surface area contributed by atoms with E-state index in [-0.39, 0.29) is 4.90 Å². The molecule has 0 heterocycles. The number of benzene rings is 3. The van der Waals surface area contributed by atoms with Crippen LogP contribution in [0.1, 0.15) is 76.7 Å². The van der Waals surface area contributed by atoms with Gasteiger partial charge in [-0.2, -0.15) is 8.42 Å². The fourth-order valence-electron chi connectivity index (χ4n) is 4.70. The lowest BCUT2D eigenvalue weighted by Crippen LogP contribution is -2.06. The summed E-state index contributed by atoms with van der Waals surface area (Å²) in [7, 11) is -4.33. The third-order valence-electron chi connectivity index (χ3n) is 6.48. The fourth-order valence-corrected chi connectivity index (χ4v) is 5.46. The molecule has 0 aliphatic heterocycles. The van der Waals surface area contributed by atoms with Gasteiger partial charge in [-0.05, 0) is 46.7 Å². The highest BCUT2D eigenvalue weighted by molar-refractivity contribution is 7.85. The van der Waals surface area contributed by atoms with Crippen molar-refractivity contribution in [1.82, 2.24) is 0 Å². The van der Waals surface area contributed by atoms with Crippen molar-refractivity contribution in [2.24, 2.45) is 0 Å². The number of hydrogen-bond acceptors (Lipinski definition) is 2. The van der Waals surface area contributed by atoms with Crippen LogP contribution >= 0.6 is 0 Å². The average molecular weight is 479 g/mol. The lowest BCUT2D eigenvalue weighted by atomic mass is 9.88. The maximum atomic E-state index is 12.3. The molecule has 0 atom stereocenters. The van der Waals surface area contributed by atoms with Crippen LogP contribution in [0, 0.1) is 0 Å². The summed E-state index contributed by atoms with van der Waals surface area (Å²) < 4.78 is 34.7. The van der Waals surface area contributed by atoms with Crippen molar-refractivity contribution in [3.05, 3.63) is 78.4 Å². The molecule has 0 unspecified atom stereocenters. The number of unbranched alkanes of at least 4 members (excludes halogenated alkanes) is 9. The number of rotatable bonds is 14. The lowest BCUT2D eigenvalue weighted by molar-refractivity contribution is 0.481. The normalized spacial score (nSPS) is 11.6. The van der Waals surface area contributed by atoms with Gasteiger partial charge in [0.15, 0.2) is 0 Å². The van der Waals surface area contributed by atoms with E-state index in [9.17, 15) is 13.0 Å². The SMILES string of the molecule is CCCCCCCCCCCCc1c(S(=O)(=O)O)ccc(-c2ccccc2)c1-c1ccccc1. The second-order valence-electron chi connectivity index (χ2n) is 9.10. The Morgan fingerprint density at radius 3 is 1.65 bits per heavy atom. The Bertz CT molecular complexity index is 1110. The molecule has 4 heteroatoms. The van der Waals surface area contributed by atoms with Crippen molar-refractivity contribution in [2.45, 2.75) is 82.4 Å². The first kappa shape index (κ1) is 26.2. The molecule has 0 aliphatic carbocycles. The molecule has 0 saturated heterocycles. The highest BCUT2D eigenvalue weighted by atomic mass is 32.2. The molecule has 0 fully saturated rings. The van der Waals surface area contributed by atoms with Gasteiger partial charge in [0.25, 0.3) is 10.1 Å². The highest BCUT2D eigenvalue weighted by Gasteiger charge is 2.22. The molecule has 34 heavy (non-hydrogen) atoms. The van der Waals surface area contributed by atoms with Crippen molar-refractivity contribution in [3.8, 4) is 22.3 Å². The van der Waals surface area contributed by atoms with Gasteiger partial charge < -0.3 is 0 Å². The molecule has 0 amide bonds. The fraction of sp³-hybridized carbons (Fsp3) is 0.400. The minimum Gasteiger partial charge on any atom is -0.282 e. The zero-order chi connectivity index (χ0) is 24.2. The molecule has 3 rings (SSSR count). The van der Waals surface area contributed by atoms with E-state index in [4.69, 9.17) is 0 Å². The van der Waals surface area contributed by atoms with E-state index in [1.807, 2.05) is 66.7 Å². The van der Waals surface area contributed by atoms with Gasteiger partial charge in [0.05, 0.1) is 4.90 Å². The van der Waals surface area contributed by atoms with Crippen molar-refractivity contribution in [2.75, 3.05) is 0 Å². The molecule has 0 bridgehead atoms. The second-order valence-corrected chi connectivity index (χ2v) is 10.5. The van der Waals surface area contributed by atoms with Crippen LogP contribution in [0.2, 0.25) is 0 Å². The van der Waals surface area contributed by atoms with Gasteiger partial charge in [0.1, 0.15) is 0 Å². The molecule has 3 aromatic rings. The zero-order valence-electron chi connectivity index (χ0n) is 20.4. The molecular formula is C30H38O3S. The molecule has 3 aromatic carbocycles. The summed E-state index contributed by atoms with van der Waals surface area (Å²) in [5.41, 5.74) is 4.61. The number of hydrogen-bond donors (Lipinski definition) is 1. The monoisotopic (exact) mass is 478 g/mol. The Balaban J connectivity index is 1.82. The second kappa shape index (κ2) is 13.5. The van der Waals surface area contributed by atoms with Crippen LogP contribution in [0.15, 0.2) is 77.7 Å². The van der Waals surface area contributed by atoms with Crippen LogP contribution in [-0.2, 0) is 16.5 Å². The van der Waals surface area contributed by atoms with Crippen LogP contribution in [0.5, 0.6) is 0 Å².